The van der Waals surface area contributed by atoms with Crippen LogP contribution in [0.25, 0.3) is 0 Å². The molecule has 8 nitrogen and oxygen atoms in total. The van der Waals surface area contributed by atoms with Crippen molar-refractivity contribution in [1.29, 1.82) is 0 Å². The molecular formula is C21H26N4O4. The Morgan fingerprint density at radius 3 is 2.76 bits per heavy atom. The quantitative estimate of drug-likeness (QED) is 0.729. The van der Waals surface area contributed by atoms with Gasteiger partial charge in [-0.25, -0.2) is 0 Å². The van der Waals surface area contributed by atoms with E-state index in [4.69, 9.17) is 9.15 Å². The van der Waals surface area contributed by atoms with Gasteiger partial charge in [0.25, 0.3) is 11.8 Å². The van der Waals surface area contributed by atoms with Crippen molar-refractivity contribution in [1.82, 2.24) is 10.6 Å². The van der Waals surface area contributed by atoms with Crippen LogP contribution in [0.2, 0.25) is 0 Å². The predicted octanol–water partition coefficient (Wildman–Crippen LogP) is 2.01. The number of anilines is 2. The lowest BCUT2D eigenvalue weighted by atomic mass is 9.91. The molecule has 0 saturated carbocycles. The Labute approximate surface area is 169 Å². The Balaban J connectivity index is 1.56. The third-order valence-corrected chi connectivity index (χ3v) is 5.31. The van der Waals surface area contributed by atoms with Crippen molar-refractivity contribution < 1.29 is 18.7 Å². The lowest BCUT2D eigenvalue weighted by Crippen LogP contribution is -2.49. The number of furan rings is 1. The van der Waals surface area contributed by atoms with Gasteiger partial charge in [0.2, 0.25) is 0 Å². The Morgan fingerprint density at radius 2 is 2.03 bits per heavy atom. The van der Waals surface area contributed by atoms with E-state index in [1.165, 1.54) is 6.26 Å². The first-order valence-electron chi connectivity index (χ1n) is 9.76. The van der Waals surface area contributed by atoms with Gasteiger partial charge in [-0.3, -0.25) is 9.59 Å². The second-order valence-electron chi connectivity index (χ2n) is 8.04. The second kappa shape index (κ2) is 7.44. The number of carbonyl (C=O) groups is 2. The number of methoxy groups -OCH3 is 1. The molecule has 0 unspecified atom stereocenters. The lowest BCUT2D eigenvalue weighted by molar-refractivity contribution is 0.0882. The molecule has 2 amide bonds. The lowest BCUT2D eigenvalue weighted by Gasteiger charge is -2.30. The van der Waals surface area contributed by atoms with Gasteiger partial charge < -0.3 is 30.0 Å². The Morgan fingerprint density at radius 1 is 1.28 bits per heavy atom. The average Bonchev–Trinajstić information content (AvgIpc) is 3.12. The number of fused-ring (bicyclic) bond motifs is 1. The van der Waals surface area contributed by atoms with E-state index in [9.17, 15) is 9.59 Å². The fraction of sp³-hybridized carbons (Fsp3) is 0.429. The highest BCUT2D eigenvalue weighted by molar-refractivity contribution is 6.13. The highest BCUT2D eigenvalue weighted by Gasteiger charge is 2.36. The van der Waals surface area contributed by atoms with Gasteiger partial charge in [0.1, 0.15) is 17.8 Å². The van der Waals surface area contributed by atoms with E-state index < -0.39 is 11.4 Å². The molecule has 0 radical (unpaired) electrons. The number of benzene rings is 1. The molecule has 8 heteroatoms. The Bertz CT molecular complexity index is 944. The highest BCUT2D eigenvalue weighted by Crippen LogP contribution is 2.32. The minimum atomic E-state index is -0.405. The van der Waals surface area contributed by atoms with Gasteiger partial charge in [-0.05, 0) is 26.0 Å². The van der Waals surface area contributed by atoms with Gasteiger partial charge in [0.05, 0.1) is 23.9 Å². The van der Waals surface area contributed by atoms with E-state index in [2.05, 4.69) is 20.9 Å². The maximum absolute atomic E-state index is 12.9. The molecule has 2 aromatic rings. The summed E-state index contributed by atoms with van der Waals surface area (Å²) in [4.78, 5) is 27.6. The van der Waals surface area contributed by atoms with Gasteiger partial charge in [-0.1, -0.05) is 0 Å². The zero-order valence-corrected chi connectivity index (χ0v) is 16.9. The minimum absolute atomic E-state index is 0.223. The number of hydrogen-bond donors (Lipinski definition) is 3. The van der Waals surface area contributed by atoms with E-state index in [-0.39, 0.29) is 11.5 Å². The van der Waals surface area contributed by atoms with Gasteiger partial charge >= 0.3 is 0 Å². The molecule has 4 rings (SSSR count). The van der Waals surface area contributed by atoms with Gasteiger partial charge in [0, 0.05) is 49.9 Å². The van der Waals surface area contributed by atoms with E-state index in [1.54, 1.807) is 7.11 Å². The number of ether oxygens (including phenoxy) is 1. The molecule has 0 spiro atoms. The molecule has 1 aromatic heterocycles. The van der Waals surface area contributed by atoms with E-state index in [1.807, 2.05) is 32.0 Å². The van der Waals surface area contributed by atoms with Crippen molar-refractivity contribution in [2.75, 3.05) is 43.5 Å². The van der Waals surface area contributed by atoms with Crippen molar-refractivity contribution in [2.45, 2.75) is 25.8 Å². The third-order valence-electron chi connectivity index (χ3n) is 5.31. The van der Waals surface area contributed by atoms with Crippen molar-refractivity contribution in [3.63, 3.8) is 0 Å². The SMILES string of the molecule is COc1cc(N2CCNCC2)ccc1NC(=O)c1coc2c1C(=O)NC(C)(C)C2. The molecular weight excluding hydrogens is 372 g/mol. The van der Waals surface area contributed by atoms with Crippen molar-refractivity contribution in [3.05, 3.63) is 41.3 Å². The van der Waals surface area contributed by atoms with Gasteiger partial charge in [0.15, 0.2) is 0 Å². The third kappa shape index (κ3) is 3.80. The smallest absolute Gasteiger partial charge is 0.259 e. The molecule has 2 aliphatic rings. The van der Waals surface area contributed by atoms with Crippen molar-refractivity contribution in [2.24, 2.45) is 0 Å². The summed E-state index contributed by atoms with van der Waals surface area (Å²) < 4.78 is 11.0. The van der Waals surface area contributed by atoms with Crippen LogP contribution in [0.15, 0.2) is 28.9 Å². The predicted molar refractivity (Wildman–Crippen MR) is 110 cm³/mol. The fourth-order valence-corrected chi connectivity index (χ4v) is 3.85. The second-order valence-corrected chi connectivity index (χ2v) is 8.04. The Hall–Kier alpha value is -3.00. The Kier molecular flexibility index (Phi) is 4.96. The molecule has 2 aliphatic heterocycles. The molecule has 1 aromatic carbocycles. The fourth-order valence-electron chi connectivity index (χ4n) is 3.85. The highest BCUT2D eigenvalue weighted by atomic mass is 16.5. The van der Waals surface area contributed by atoms with Gasteiger partial charge in [-0.2, -0.15) is 0 Å². The van der Waals surface area contributed by atoms with E-state index in [0.717, 1.165) is 31.9 Å². The summed E-state index contributed by atoms with van der Waals surface area (Å²) in [6.45, 7) is 7.54. The number of piperazine rings is 1. The number of hydrogen-bond acceptors (Lipinski definition) is 6. The molecule has 0 atom stereocenters. The number of nitrogens with zero attached hydrogens (tertiary/aromatic N) is 1. The maximum Gasteiger partial charge on any atom is 0.259 e. The first kappa shape index (κ1) is 19.3. The van der Waals surface area contributed by atoms with Crippen LogP contribution in [0.1, 0.15) is 40.3 Å². The first-order valence-corrected chi connectivity index (χ1v) is 9.76. The van der Waals surface area contributed by atoms with Crippen LogP contribution in [0.5, 0.6) is 5.75 Å². The molecule has 3 heterocycles. The zero-order valence-electron chi connectivity index (χ0n) is 16.9. The van der Waals surface area contributed by atoms with Crippen LogP contribution in [0.4, 0.5) is 11.4 Å². The zero-order chi connectivity index (χ0) is 20.6. The average molecular weight is 398 g/mol. The molecule has 1 saturated heterocycles. The van der Waals surface area contributed by atoms with Crippen LogP contribution in [0, 0.1) is 0 Å². The summed E-state index contributed by atoms with van der Waals surface area (Å²) in [5.74, 6) is 0.400. The van der Waals surface area contributed by atoms with Crippen LogP contribution >= 0.6 is 0 Å². The largest absolute Gasteiger partial charge is 0.494 e. The number of rotatable bonds is 4. The normalized spacial score (nSPS) is 18.0. The summed E-state index contributed by atoms with van der Waals surface area (Å²) in [5, 5.41) is 9.09. The number of nitrogens with one attached hydrogen (secondary N) is 3. The summed E-state index contributed by atoms with van der Waals surface area (Å²) in [6, 6.07) is 5.70. The van der Waals surface area contributed by atoms with Crippen molar-refractivity contribution in [3.8, 4) is 5.75 Å². The summed E-state index contributed by atoms with van der Waals surface area (Å²) in [6.07, 6.45) is 1.88. The number of carbonyl (C=O) groups excluding carboxylic acids is 2. The molecule has 3 N–H and O–H groups in total. The van der Waals surface area contributed by atoms with E-state index in [0.29, 0.717) is 29.2 Å². The molecule has 0 bridgehead atoms. The molecule has 1 fully saturated rings. The molecule has 154 valence electrons. The summed E-state index contributed by atoms with van der Waals surface area (Å²) in [5.41, 5.74) is 1.71. The first-order chi connectivity index (χ1) is 13.9. The van der Waals surface area contributed by atoms with Crippen LogP contribution < -0.4 is 25.6 Å². The number of amides is 2. The standard InChI is InChI=1S/C21H26N4O4/c1-21(2)11-17-18(20(27)24-21)14(12-29-17)19(26)23-15-5-4-13(10-16(15)28-3)25-8-6-22-7-9-25/h4-5,10,12,22H,6-9,11H2,1-3H3,(H,23,26)(H,24,27). The topological polar surface area (TPSA) is 95.8 Å². The molecule has 29 heavy (non-hydrogen) atoms. The van der Waals surface area contributed by atoms with E-state index >= 15 is 0 Å². The maximum atomic E-state index is 12.9. The molecule has 0 aliphatic carbocycles. The minimum Gasteiger partial charge on any atom is -0.494 e. The monoisotopic (exact) mass is 398 g/mol. The van der Waals surface area contributed by atoms with Gasteiger partial charge in [-0.15, -0.1) is 0 Å². The van der Waals surface area contributed by atoms with Crippen LogP contribution in [-0.4, -0.2) is 50.6 Å². The van der Waals surface area contributed by atoms with Crippen molar-refractivity contribution >= 4 is 23.2 Å². The summed E-state index contributed by atoms with van der Waals surface area (Å²) in [7, 11) is 1.57. The van der Waals surface area contributed by atoms with Crippen LogP contribution in [-0.2, 0) is 6.42 Å². The van der Waals surface area contributed by atoms with Crippen LogP contribution in [0.3, 0.4) is 0 Å². The summed E-state index contributed by atoms with van der Waals surface area (Å²) >= 11 is 0.